The molecular weight excluding hydrogens is 338 g/mol. The second kappa shape index (κ2) is 6.69. The molecule has 2 heterocycles. The van der Waals surface area contributed by atoms with Crippen LogP contribution in [0.25, 0.3) is 11.4 Å². The minimum absolute atomic E-state index is 0.0874. The van der Waals surface area contributed by atoms with Crippen molar-refractivity contribution in [3.63, 3.8) is 0 Å². The first-order chi connectivity index (χ1) is 12.2. The molecule has 1 unspecified atom stereocenters. The molecule has 2 aromatic carbocycles. The average Bonchev–Trinajstić information content (AvgIpc) is 3.24. The second-order valence-corrected chi connectivity index (χ2v) is 6.46. The van der Waals surface area contributed by atoms with Crippen LogP contribution in [0.5, 0.6) is 0 Å². The van der Waals surface area contributed by atoms with Crippen molar-refractivity contribution < 1.29 is 9.32 Å². The lowest BCUT2D eigenvalue weighted by Crippen LogP contribution is -2.27. The minimum atomic E-state index is -0.198. The number of carbonyl (C=O) groups excluding carboxylic acids is 1. The molecule has 0 bridgehead atoms. The van der Waals surface area contributed by atoms with E-state index in [0.717, 1.165) is 11.1 Å². The predicted molar refractivity (Wildman–Crippen MR) is 93.7 cm³/mol. The summed E-state index contributed by atoms with van der Waals surface area (Å²) in [4.78, 5) is 18.6. The van der Waals surface area contributed by atoms with Gasteiger partial charge < -0.3 is 9.42 Å². The van der Waals surface area contributed by atoms with E-state index in [4.69, 9.17) is 16.1 Å². The fourth-order valence-electron chi connectivity index (χ4n) is 3.10. The fraction of sp³-hybridized carbons (Fsp3) is 0.211. The highest BCUT2D eigenvalue weighted by Gasteiger charge is 2.36. The van der Waals surface area contributed by atoms with E-state index in [2.05, 4.69) is 10.1 Å². The number of likely N-dealkylation sites (tertiary alicyclic amines) is 1. The Hall–Kier alpha value is -2.66. The molecule has 0 aliphatic carbocycles. The molecule has 1 aliphatic heterocycles. The summed E-state index contributed by atoms with van der Waals surface area (Å²) in [6, 6.07) is 17.0. The van der Waals surface area contributed by atoms with Crippen LogP contribution in [0.1, 0.15) is 30.3 Å². The van der Waals surface area contributed by atoms with E-state index in [0.29, 0.717) is 36.1 Å². The molecule has 5 nitrogen and oxygen atoms in total. The maximum Gasteiger partial charge on any atom is 0.249 e. The molecule has 25 heavy (non-hydrogen) atoms. The van der Waals surface area contributed by atoms with E-state index in [1.165, 1.54) is 0 Å². The van der Waals surface area contributed by atoms with Crippen molar-refractivity contribution >= 4 is 17.5 Å². The molecule has 4 rings (SSSR count). The van der Waals surface area contributed by atoms with Gasteiger partial charge in [0.25, 0.3) is 0 Å². The summed E-state index contributed by atoms with van der Waals surface area (Å²) >= 11 is 6.05. The third kappa shape index (κ3) is 3.28. The van der Waals surface area contributed by atoms with E-state index in [1.54, 1.807) is 4.90 Å². The Labute approximate surface area is 150 Å². The molecule has 1 amide bonds. The predicted octanol–water partition coefficient (Wildman–Crippen LogP) is 4.25. The Kier molecular flexibility index (Phi) is 4.24. The molecule has 1 saturated heterocycles. The Balaban J connectivity index is 1.59. The summed E-state index contributed by atoms with van der Waals surface area (Å²) in [5.74, 6) is 1.11. The van der Waals surface area contributed by atoms with Crippen molar-refractivity contribution in [1.82, 2.24) is 15.0 Å². The average molecular weight is 354 g/mol. The SMILES string of the molecule is O=C1CCC(c2nc(-c3ccccc3)no2)N1Cc1cccc(Cl)c1. The van der Waals surface area contributed by atoms with Crippen molar-refractivity contribution in [3.8, 4) is 11.4 Å². The topological polar surface area (TPSA) is 59.2 Å². The summed E-state index contributed by atoms with van der Waals surface area (Å²) in [7, 11) is 0. The number of aromatic nitrogens is 2. The van der Waals surface area contributed by atoms with Crippen molar-refractivity contribution in [1.29, 1.82) is 0 Å². The molecule has 126 valence electrons. The molecule has 0 spiro atoms. The van der Waals surface area contributed by atoms with Gasteiger partial charge in [-0.2, -0.15) is 4.98 Å². The van der Waals surface area contributed by atoms with Gasteiger partial charge in [-0.15, -0.1) is 0 Å². The van der Waals surface area contributed by atoms with Crippen LogP contribution in [0, 0.1) is 0 Å². The third-order valence-corrected chi connectivity index (χ3v) is 4.56. The molecule has 1 aromatic heterocycles. The highest BCUT2D eigenvalue weighted by Crippen LogP contribution is 2.34. The molecule has 1 fully saturated rings. The van der Waals surface area contributed by atoms with Crippen LogP contribution in [0.4, 0.5) is 0 Å². The number of rotatable bonds is 4. The standard InChI is InChI=1S/C19H16ClN3O2/c20-15-8-4-5-13(11-15)12-23-16(9-10-17(23)24)19-21-18(22-25-19)14-6-2-1-3-7-14/h1-8,11,16H,9-10,12H2. The normalized spacial score (nSPS) is 17.2. The largest absolute Gasteiger partial charge is 0.337 e. The zero-order valence-electron chi connectivity index (χ0n) is 13.4. The Bertz CT molecular complexity index is 894. The smallest absolute Gasteiger partial charge is 0.249 e. The van der Waals surface area contributed by atoms with Crippen molar-refractivity contribution in [3.05, 3.63) is 71.1 Å². The summed E-state index contributed by atoms with van der Waals surface area (Å²) in [6.07, 6.45) is 1.16. The first-order valence-electron chi connectivity index (χ1n) is 8.13. The zero-order chi connectivity index (χ0) is 17.2. The summed E-state index contributed by atoms with van der Waals surface area (Å²) in [5.41, 5.74) is 1.87. The number of hydrogen-bond donors (Lipinski definition) is 0. The highest BCUT2D eigenvalue weighted by molar-refractivity contribution is 6.30. The van der Waals surface area contributed by atoms with Gasteiger partial charge in [-0.1, -0.05) is 59.2 Å². The van der Waals surface area contributed by atoms with Gasteiger partial charge in [-0.25, -0.2) is 0 Å². The molecule has 3 aromatic rings. The van der Waals surface area contributed by atoms with Crippen LogP contribution in [0.2, 0.25) is 5.02 Å². The van der Waals surface area contributed by atoms with E-state index < -0.39 is 0 Å². The van der Waals surface area contributed by atoms with Crippen LogP contribution in [0.3, 0.4) is 0 Å². The van der Waals surface area contributed by atoms with Gasteiger partial charge in [0.1, 0.15) is 6.04 Å². The van der Waals surface area contributed by atoms with Gasteiger partial charge >= 0.3 is 0 Å². The van der Waals surface area contributed by atoms with E-state index in [9.17, 15) is 4.79 Å². The maximum atomic E-state index is 12.3. The number of nitrogens with zero attached hydrogens (tertiary/aromatic N) is 3. The van der Waals surface area contributed by atoms with Gasteiger partial charge in [0.05, 0.1) is 0 Å². The van der Waals surface area contributed by atoms with Crippen LogP contribution in [-0.4, -0.2) is 20.9 Å². The van der Waals surface area contributed by atoms with Crippen LogP contribution < -0.4 is 0 Å². The number of amides is 1. The van der Waals surface area contributed by atoms with Gasteiger partial charge in [-0.05, 0) is 24.1 Å². The van der Waals surface area contributed by atoms with Gasteiger partial charge in [0.2, 0.25) is 17.6 Å². The minimum Gasteiger partial charge on any atom is -0.337 e. The van der Waals surface area contributed by atoms with Crippen LogP contribution in [-0.2, 0) is 11.3 Å². The number of hydrogen-bond acceptors (Lipinski definition) is 4. The van der Waals surface area contributed by atoms with Crippen LogP contribution in [0.15, 0.2) is 59.1 Å². The van der Waals surface area contributed by atoms with Gasteiger partial charge in [0.15, 0.2) is 0 Å². The fourth-order valence-corrected chi connectivity index (χ4v) is 3.31. The molecular formula is C19H16ClN3O2. The number of halogens is 1. The van der Waals surface area contributed by atoms with E-state index in [-0.39, 0.29) is 11.9 Å². The van der Waals surface area contributed by atoms with Crippen molar-refractivity contribution in [2.75, 3.05) is 0 Å². The second-order valence-electron chi connectivity index (χ2n) is 6.03. The Morgan fingerprint density at radius 2 is 2.00 bits per heavy atom. The Morgan fingerprint density at radius 1 is 1.16 bits per heavy atom. The molecule has 6 heteroatoms. The first kappa shape index (κ1) is 15.8. The quantitative estimate of drug-likeness (QED) is 0.703. The molecule has 0 saturated carbocycles. The van der Waals surface area contributed by atoms with E-state index in [1.807, 2.05) is 54.6 Å². The molecule has 0 N–H and O–H groups in total. The molecule has 1 aliphatic rings. The lowest BCUT2D eigenvalue weighted by molar-refractivity contribution is -0.129. The van der Waals surface area contributed by atoms with Crippen molar-refractivity contribution in [2.24, 2.45) is 0 Å². The monoisotopic (exact) mass is 353 g/mol. The van der Waals surface area contributed by atoms with Gasteiger partial charge in [-0.3, -0.25) is 4.79 Å². The summed E-state index contributed by atoms with van der Waals surface area (Å²) in [6.45, 7) is 0.479. The Morgan fingerprint density at radius 3 is 2.80 bits per heavy atom. The number of carbonyl (C=O) groups is 1. The van der Waals surface area contributed by atoms with Gasteiger partial charge in [0, 0.05) is 23.6 Å². The zero-order valence-corrected chi connectivity index (χ0v) is 14.2. The molecule has 1 atom stereocenters. The maximum absolute atomic E-state index is 12.3. The van der Waals surface area contributed by atoms with Crippen molar-refractivity contribution in [2.45, 2.75) is 25.4 Å². The summed E-state index contributed by atoms with van der Waals surface area (Å²) in [5, 5.41) is 4.72. The summed E-state index contributed by atoms with van der Waals surface area (Å²) < 4.78 is 5.46. The number of benzene rings is 2. The lowest BCUT2D eigenvalue weighted by Gasteiger charge is -2.22. The van der Waals surface area contributed by atoms with Crippen LogP contribution >= 0.6 is 11.6 Å². The first-order valence-corrected chi connectivity index (χ1v) is 8.51. The lowest BCUT2D eigenvalue weighted by atomic mass is 10.1. The molecule has 0 radical (unpaired) electrons. The van der Waals surface area contributed by atoms with E-state index >= 15 is 0 Å². The third-order valence-electron chi connectivity index (χ3n) is 4.33. The highest BCUT2D eigenvalue weighted by atomic mass is 35.5.